The molecule has 0 radical (unpaired) electrons. The molecule has 15 heteroatoms. The summed E-state index contributed by atoms with van der Waals surface area (Å²) in [7, 11) is 0. The smallest absolute Gasteiger partial charge is 0.319 e. The number of fused-ring (bicyclic) bond motifs is 2. The van der Waals surface area contributed by atoms with Crippen LogP contribution in [0.1, 0.15) is 49.3 Å². The Morgan fingerprint density at radius 3 is 2.33 bits per heavy atom. The van der Waals surface area contributed by atoms with Crippen LogP contribution in [0.15, 0.2) is 97.6 Å². The number of aliphatic hydroxyl groups is 2. The fourth-order valence-electron chi connectivity index (χ4n) is 7.60. The average Bonchev–Trinajstić information content (AvgIpc) is 3.93. The van der Waals surface area contributed by atoms with Crippen molar-refractivity contribution in [1.82, 2.24) is 40.1 Å². The predicted octanol–water partition coefficient (Wildman–Crippen LogP) is 3.98. The lowest BCUT2D eigenvalue weighted by molar-refractivity contribution is -0.122. The monoisotopic (exact) mass is 741 g/mol. The summed E-state index contributed by atoms with van der Waals surface area (Å²) in [5, 5.41) is 34.6. The first kappa shape index (κ1) is 35.8. The molecule has 8 rings (SSSR count). The zero-order valence-electron chi connectivity index (χ0n) is 30.3. The molecular formula is C40H43N11O4. The van der Waals surface area contributed by atoms with E-state index in [1.54, 1.807) is 42.3 Å². The van der Waals surface area contributed by atoms with E-state index in [9.17, 15) is 19.8 Å². The van der Waals surface area contributed by atoms with Crippen molar-refractivity contribution < 1.29 is 19.8 Å². The number of benzene rings is 3. The van der Waals surface area contributed by atoms with Crippen molar-refractivity contribution in [2.75, 3.05) is 35.2 Å². The minimum Gasteiger partial charge on any atom is -0.388 e. The minimum absolute atomic E-state index is 0.00112. The van der Waals surface area contributed by atoms with E-state index in [0.29, 0.717) is 66.6 Å². The highest BCUT2D eigenvalue weighted by Gasteiger charge is 2.44. The molecule has 3 amide bonds. The molecular weight excluding hydrogens is 699 g/mol. The number of hydrogen-bond acceptors (Lipinski definition) is 11. The number of carbonyl (C=O) groups excluding carboxylic acids is 2. The number of nitrogens with zero attached hydrogens (tertiary/aromatic N) is 7. The number of aliphatic hydroxyl groups excluding tert-OH is 2. The summed E-state index contributed by atoms with van der Waals surface area (Å²) in [5.41, 5.74) is 5.31. The van der Waals surface area contributed by atoms with Crippen LogP contribution in [-0.4, -0.2) is 95.6 Å². The van der Waals surface area contributed by atoms with Crippen LogP contribution in [0.25, 0.3) is 22.2 Å². The predicted molar refractivity (Wildman–Crippen MR) is 209 cm³/mol. The van der Waals surface area contributed by atoms with Crippen molar-refractivity contribution in [3.63, 3.8) is 0 Å². The van der Waals surface area contributed by atoms with Gasteiger partial charge >= 0.3 is 6.03 Å². The highest BCUT2D eigenvalue weighted by atomic mass is 16.3. The van der Waals surface area contributed by atoms with Crippen molar-refractivity contribution in [2.45, 2.75) is 62.4 Å². The molecule has 0 spiro atoms. The van der Waals surface area contributed by atoms with E-state index in [1.807, 2.05) is 47.4 Å². The molecule has 3 aromatic heterocycles. The Balaban J connectivity index is 1.07. The Labute approximate surface area is 317 Å². The van der Waals surface area contributed by atoms with Gasteiger partial charge in [-0.15, -0.1) is 0 Å². The summed E-state index contributed by atoms with van der Waals surface area (Å²) >= 11 is 0. The summed E-state index contributed by atoms with van der Waals surface area (Å²) in [5.74, 6) is 0.760. The summed E-state index contributed by atoms with van der Waals surface area (Å²) in [6, 6.07) is 24.2. The van der Waals surface area contributed by atoms with Crippen molar-refractivity contribution in [3.05, 3.63) is 109 Å². The van der Waals surface area contributed by atoms with Crippen molar-refractivity contribution in [2.24, 2.45) is 0 Å². The van der Waals surface area contributed by atoms with Gasteiger partial charge in [0.15, 0.2) is 17.0 Å². The van der Waals surface area contributed by atoms with Crippen LogP contribution in [-0.2, 0) is 4.79 Å². The molecule has 1 aliphatic heterocycles. The fourth-order valence-corrected chi connectivity index (χ4v) is 7.60. The van der Waals surface area contributed by atoms with Crippen molar-refractivity contribution in [1.29, 1.82) is 0 Å². The first-order valence-corrected chi connectivity index (χ1v) is 18.6. The van der Waals surface area contributed by atoms with Crippen LogP contribution in [0.5, 0.6) is 0 Å². The molecule has 4 heterocycles. The van der Waals surface area contributed by atoms with Gasteiger partial charge in [-0.25, -0.2) is 9.78 Å². The Hall–Kier alpha value is -6.19. The Morgan fingerprint density at radius 2 is 1.60 bits per heavy atom. The number of aromatic nitrogens is 6. The largest absolute Gasteiger partial charge is 0.388 e. The van der Waals surface area contributed by atoms with Gasteiger partial charge in [0.05, 0.1) is 29.4 Å². The molecule has 3 aromatic carbocycles. The second kappa shape index (κ2) is 15.7. The molecule has 1 saturated carbocycles. The summed E-state index contributed by atoms with van der Waals surface area (Å²) in [6.07, 6.45) is 3.75. The van der Waals surface area contributed by atoms with Crippen LogP contribution in [0.2, 0.25) is 0 Å². The normalized spacial score (nSPS) is 20.9. The summed E-state index contributed by atoms with van der Waals surface area (Å²) in [4.78, 5) is 50.7. The van der Waals surface area contributed by atoms with E-state index < -0.39 is 24.3 Å². The van der Waals surface area contributed by atoms with E-state index in [2.05, 4.69) is 55.5 Å². The second-order valence-corrected chi connectivity index (χ2v) is 14.1. The Morgan fingerprint density at radius 1 is 0.873 bits per heavy atom. The van der Waals surface area contributed by atoms with Gasteiger partial charge in [0.25, 0.3) is 0 Å². The molecule has 1 saturated heterocycles. The number of urea groups is 1. The third kappa shape index (κ3) is 7.61. The first-order chi connectivity index (χ1) is 26.8. The topological polar surface area (TPSA) is 195 Å². The van der Waals surface area contributed by atoms with Gasteiger partial charge in [-0.05, 0) is 42.2 Å². The third-order valence-electron chi connectivity index (χ3n) is 10.5. The van der Waals surface area contributed by atoms with Gasteiger partial charge in [0, 0.05) is 56.1 Å². The molecule has 2 aliphatic rings. The van der Waals surface area contributed by atoms with Crippen molar-refractivity contribution >= 4 is 51.6 Å². The quantitative estimate of drug-likeness (QED) is 0.112. The zero-order chi connectivity index (χ0) is 37.9. The zero-order valence-corrected chi connectivity index (χ0v) is 30.3. The average molecular weight is 742 g/mol. The van der Waals surface area contributed by atoms with Crippen LogP contribution >= 0.6 is 0 Å². The second-order valence-electron chi connectivity index (χ2n) is 14.1. The van der Waals surface area contributed by atoms with E-state index in [0.717, 1.165) is 16.6 Å². The highest BCUT2D eigenvalue weighted by Crippen LogP contribution is 2.35. The fraction of sp³-hybridized carbons (Fsp3) is 0.325. The molecule has 6 aromatic rings. The molecule has 6 N–H and O–H groups in total. The van der Waals surface area contributed by atoms with Gasteiger partial charge in [0.2, 0.25) is 11.9 Å². The van der Waals surface area contributed by atoms with E-state index in [-0.39, 0.29) is 30.3 Å². The maximum Gasteiger partial charge on any atom is 0.319 e. The number of carbonyl (C=O) groups is 2. The van der Waals surface area contributed by atoms with E-state index in [1.165, 1.54) is 0 Å². The summed E-state index contributed by atoms with van der Waals surface area (Å²) < 4.78 is 1.77. The summed E-state index contributed by atoms with van der Waals surface area (Å²) in [6.45, 7) is 3.30. The Kier molecular flexibility index (Phi) is 10.2. The number of hydrogen-bond donors (Lipinski definition) is 6. The molecule has 2 fully saturated rings. The SMILES string of the molecule is CCC(=O)N[C@H]1C[C@@H](n2cnc3c(NCC(c4ccccc4)c4ccccc4)nc(N4CC[C@@H](NC(=O)Nc5ccc6nccnc6c5)C4)nc32)[C@H](O)[C@@H]1O. The molecule has 0 bridgehead atoms. The lowest BCUT2D eigenvalue weighted by atomic mass is 9.91. The van der Waals surface area contributed by atoms with Gasteiger partial charge in [0.1, 0.15) is 12.2 Å². The van der Waals surface area contributed by atoms with Gasteiger partial charge < -0.3 is 40.9 Å². The molecule has 1 aliphatic carbocycles. The van der Waals surface area contributed by atoms with E-state index >= 15 is 0 Å². The lowest BCUT2D eigenvalue weighted by Crippen LogP contribution is -2.42. The molecule has 55 heavy (non-hydrogen) atoms. The number of nitrogens with one attached hydrogen (secondary N) is 4. The molecule has 282 valence electrons. The Bertz CT molecular complexity index is 2250. The molecule has 5 atom stereocenters. The molecule has 15 nitrogen and oxygen atoms in total. The van der Waals surface area contributed by atoms with E-state index in [4.69, 9.17) is 15.0 Å². The standard InChI is InChI=1S/C40H43N11O4/c1-2-33(52)47-31-20-32(36(54)35(31)53)51-23-44-34-37(43-21-28(24-9-5-3-6-10-24)25-11-7-4-8-12-25)48-39(49-38(34)51)50-18-15-27(22-50)46-40(55)45-26-13-14-29-30(19-26)42-17-16-41-29/h3-14,16-17,19,23,27-28,31-32,35-36,53-54H,2,15,18,20-22H2,1H3,(H,47,52)(H,43,48,49)(H2,45,46,55)/t27-,31+,32-,35-,36+/m1/s1. The number of anilines is 3. The van der Waals surface area contributed by atoms with Crippen molar-refractivity contribution in [3.8, 4) is 0 Å². The minimum atomic E-state index is -1.16. The third-order valence-corrected chi connectivity index (χ3v) is 10.5. The number of amides is 3. The highest BCUT2D eigenvalue weighted by molar-refractivity contribution is 5.92. The van der Waals surface area contributed by atoms with Crippen LogP contribution < -0.4 is 26.2 Å². The van der Waals surface area contributed by atoms with Crippen LogP contribution in [0.3, 0.4) is 0 Å². The maximum atomic E-state index is 13.1. The van der Waals surface area contributed by atoms with Gasteiger partial charge in [-0.2, -0.15) is 9.97 Å². The van der Waals surface area contributed by atoms with Gasteiger partial charge in [-0.1, -0.05) is 67.6 Å². The van der Waals surface area contributed by atoms with Gasteiger partial charge in [-0.3, -0.25) is 14.8 Å². The maximum absolute atomic E-state index is 13.1. The first-order valence-electron chi connectivity index (χ1n) is 18.6. The van der Waals surface area contributed by atoms with Crippen LogP contribution in [0, 0.1) is 0 Å². The van der Waals surface area contributed by atoms with Crippen LogP contribution in [0.4, 0.5) is 22.2 Å². The molecule has 0 unspecified atom stereocenters. The lowest BCUT2D eigenvalue weighted by Gasteiger charge is -2.22. The number of rotatable bonds is 11. The number of imidazole rings is 1.